The van der Waals surface area contributed by atoms with Crippen molar-refractivity contribution in [3.63, 3.8) is 0 Å². The minimum atomic E-state index is -3.54. The summed E-state index contributed by atoms with van der Waals surface area (Å²) < 4.78 is 51.8. The number of aliphatic hydroxyl groups is 1. The van der Waals surface area contributed by atoms with Gasteiger partial charge in [0.05, 0.1) is 17.4 Å². The number of nitrogens with zero attached hydrogens (tertiary/aromatic N) is 5. The van der Waals surface area contributed by atoms with E-state index in [1.807, 2.05) is 0 Å². The van der Waals surface area contributed by atoms with Gasteiger partial charge in [-0.15, -0.1) is 0 Å². The number of aromatic nitrogens is 2. The van der Waals surface area contributed by atoms with E-state index in [0.29, 0.717) is 0 Å². The largest absolute Gasteiger partial charge is 0.389 e. The molecule has 126 valence electrons. The highest BCUT2D eigenvalue weighted by atomic mass is 19.3. The number of rotatable bonds is 5. The van der Waals surface area contributed by atoms with Crippen LogP contribution < -0.4 is 0 Å². The van der Waals surface area contributed by atoms with E-state index in [9.17, 15) is 37.6 Å². The quantitative estimate of drug-likeness (QED) is 0.479. The lowest BCUT2D eigenvalue weighted by Gasteiger charge is -2.29. The molecular weight excluding hydrogens is 330 g/mol. The molecule has 0 fully saturated rings. The first-order valence-electron chi connectivity index (χ1n) is 6.02. The molecule has 0 radical (unpaired) electrons. The van der Waals surface area contributed by atoms with Gasteiger partial charge in [0.25, 0.3) is 18.8 Å². The number of amides is 1. The van der Waals surface area contributed by atoms with E-state index in [2.05, 4.69) is 10.2 Å². The molecule has 1 unspecified atom stereocenters. The van der Waals surface area contributed by atoms with Gasteiger partial charge in [0.1, 0.15) is 12.3 Å². The summed E-state index contributed by atoms with van der Waals surface area (Å²) in [5, 5.41) is 26.5. The number of carbonyl (C=O) groups excluding carboxylic acids is 1. The second kappa shape index (κ2) is 5.91. The Balaban J connectivity index is 2.22. The molecular formula is C10H9F4N5O4. The fourth-order valence-electron chi connectivity index (χ4n) is 1.90. The Morgan fingerprint density at radius 3 is 2.61 bits per heavy atom. The number of hydrogen-bond donors (Lipinski definition) is 1. The molecule has 0 spiro atoms. The van der Waals surface area contributed by atoms with Gasteiger partial charge in [0.2, 0.25) is 5.72 Å². The zero-order valence-corrected chi connectivity index (χ0v) is 11.1. The Morgan fingerprint density at radius 2 is 2.13 bits per heavy atom. The standard InChI is InChI=1S/C10H9F4N5O4/c11-8(12)5-3-10(21,9(13)14)18(15-5)7(20)4-17-2-1-6(16-17)19(22)23/h1-2,8-9,21H,3-4H2. The fourth-order valence-corrected chi connectivity index (χ4v) is 1.90. The predicted octanol–water partition coefficient (Wildman–Crippen LogP) is 0.598. The van der Waals surface area contributed by atoms with Crippen LogP contribution in [0.1, 0.15) is 6.42 Å². The van der Waals surface area contributed by atoms with Gasteiger partial charge in [-0.3, -0.25) is 4.79 Å². The van der Waals surface area contributed by atoms with Crippen LogP contribution in [0.2, 0.25) is 0 Å². The van der Waals surface area contributed by atoms with Crippen LogP contribution in [0.3, 0.4) is 0 Å². The Labute approximate surface area is 124 Å². The molecule has 1 aromatic rings. The average Bonchev–Trinajstić information content (AvgIpc) is 3.04. The monoisotopic (exact) mass is 339 g/mol. The van der Waals surface area contributed by atoms with Gasteiger partial charge in [-0.05, 0) is 4.92 Å². The fraction of sp³-hybridized carbons (Fsp3) is 0.500. The van der Waals surface area contributed by atoms with Crippen molar-refractivity contribution in [1.29, 1.82) is 0 Å². The number of hydrogen-bond acceptors (Lipinski definition) is 6. The van der Waals surface area contributed by atoms with Crippen LogP contribution in [0.5, 0.6) is 0 Å². The van der Waals surface area contributed by atoms with Gasteiger partial charge < -0.3 is 15.2 Å². The number of carbonyl (C=O) groups is 1. The van der Waals surface area contributed by atoms with E-state index in [4.69, 9.17) is 0 Å². The summed E-state index contributed by atoms with van der Waals surface area (Å²) in [5.74, 6) is -1.87. The van der Waals surface area contributed by atoms with Crippen molar-refractivity contribution < 1.29 is 32.4 Å². The number of alkyl halides is 4. The van der Waals surface area contributed by atoms with Crippen molar-refractivity contribution in [2.24, 2.45) is 5.10 Å². The molecule has 1 aliphatic rings. The summed E-state index contributed by atoms with van der Waals surface area (Å²) in [6, 6.07) is 0.949. The van der Waals surface area contributed by atoms with E-state index in [0.717, 1.165) is 16.9 Å². The molecule has 2 heterocycles. The highest BCUT2D eigenvalue weighted by molar-refractivity contribution is 5.92. The van der Waals surface area contributed by atoms with E-state index < -0.39 is 53.9 Å². The molecule has 23 heavy (non-hydrogen) atoms. The first kappa shape index (κ1) is 16.8. The van der Waals surface area contributed by atoms with Crippen molar-refractivity contribution >= 4 is 17.4 Å². The smallest absolute Gasteiger partial charge is 0.364 e. The highest BCUT2D eigenvalue weighted by Gasteiger charge is 2.53. The third-order valence-corrected chi connectivity index (χ3v) is 2.99. The third kappa shape index (κ3) is 3.13. The number of halogens is 4. The van der Waals surface area contributed by atoms with Crippen LogP contribution in [0, 0.1) is 10.1 Å². The lowest BCUT2D eigenvalue weighted by atomic mass is 10.1. The summed E-state index contributed by atoms with van der Waals surface area (Å²) in [4.78, 5) is 21.5. The van der Waals surface area contributed by atoms with Gasteiger partial charge in [-0.1, -0.05) is 0 Å². The maximum absolute atomic E-state index is 12.9. The van der Waals surface area contributed by atoms with Gasteiger partial charge in [-0.25, -0.2) is 17.6 Å². The summed E-state index contributed by atoms with van der Waals surface area (Å²) in [6.45, 7) is -0.803. The molecule has 0 bridgehead atoms. The second-order valence-electron chi connectivity index (χ2n) is 4.58. The summed E-state index contributed by atoms with van der Waals surface area (Å²) in [7, 11) is 0. The summed E-state index contributed by atoms with van der Waals surface area (Å²) >= 11 is 0. The molecule has 1 N–H and O–H groups in total. The van der Waals surface area contributed by atoms with Crippen LogP contribution >= 0.6 is 0 Å². The summed E-state index contributed by atoms with van der Waals surface area (Å²) in [5.41, 5.74) is -4.25. The van der Waals surface area contributed by atoms with Gasteiger partial charge in [0.15, 0.2) is 0 Å². The third-order valence-electron chi connectivity index (χ3n) is 2.99. The molecule has 1 aliphatic heterocycles. The lowest BCUT2D eigenvalue weighted by molar-refractivity contribution is -0.389. The van der Waals surface area contributed by atoms with Crippen molar-refractivity contribution in [1.82, 2.24) is 14.8 Å². The zero-order valence-electron chi connectivity index (χ0n) is 11.1. The van der Waals surface area contributed by atoms with Gasteiger partial charge in [0, 0.05) is 6.42 Å². The normalized spacial score (nSPS) is 21.2. The van der Waals surface area contributed by atoms with Crippen LogP contribution in [-0.4, -0.2) is 55.0 Å². The zero-order chi connectivity index (χ0) is 17.4. The minimum absolute atomic E-state index is 0.132. The molecule has 9 nitrogen and oxygen atoms in total. The highest BCUT2D eigenvalue weighted by Crippen LogP contribution is 2.33. The van der Waals surface area contributed by atoms with Gasteiger partial charge in [-0.2, -0.15) is 14.8 Å². The van der Waals surface area contributed by atoms with Crippen LogP contribution in [-0.2, 0) is 11.3 Å². The molecule has 1 aromatic heterocycles. The molecule has 2 rings (SSSR count). The minimum Gasteiger partial charge on any atom is -0.364 e. The maximum Gasteiger partial charge on any atom is 0.389 e. The Hall–Kier alpha value is -2.57. The molecule has 0 saturated carbocycles. The Bertz CT molecular complexity index is 663. The van der Waals surface area contributed by atoms with E-state index in [-0.39, 0.29) is 5.01 Å². The van der Waals surface area contributed by atoms with Crippen molar-refractivity contribution in [2.45, 2.75) is 31.5 Å². The van der Waals surface area contributed by atoms with E-state index >= 15 is 0 Å². The van der Waals surface area contributed by atoms with Crippen molar-refractivity contribution in [2.75, 3.05) is 0 Å². The van der Waals surface area contributed by atoms with Crippen molar-refractivity contribution in [3.8, 4) is 0 Å². The lowest BCUT2D eigenvalue weighted by Crippen LogP contribution is -2.52. The average molecular weight is 339 g/mol. The van der Waals surface area contributed by atoms with Crippen LogP contribution in [0.15, 0.2) is 17.4 Å². The molecule has 13 heteroatoms. The van der Waals surface area contributed by atoms with E-state index in [1.165, 1.54) is 0 Å². The van der Waals surface area contributed by atoms with Crippen LogP contribution in [0.25, 0.3) is 0 Å². The molecule has 0 saturated heterocycles. The Kier molecular flexibility index (Phi) is 4.31. The van der Waals surface area contributed by atoms with Crippen LogP contribution in [0.4, 0.5) is 23.4 Å². The number of hydrazone groups is 1. The molecule has 0 aromatic carbocycles. The van der Waals surface area contributed by atoms with Crippen molar-refractivity contribution in [3.05, 3.63) is 22.4 Å². The topological polar surface area (TPSA) is 114 Å². The first-order chi connectivity index (χ1) is 10.6. The molecule has 1 amide bonds. The SMILES string of the molecule is O=C(Cn1ccc([N+](=O)[O-])n1)N1N=C(C(F)F)CC1(O)C(F)F. The van der Waals surface area contributed by atoms with E-state index in [1.54, 1.807) is 0 Å². The van der Waals surface area contributed by atoms with Gasteiger partial charge >= 0.3 is 5.82 Å². The molecule has 1 atom stereocenters. The second-order valence-corrected chi connectivity index (χ2v) is 4.58. The predicted molar refractivity (Wildman–Crippen MR) is 64.7 cm³/mol. The first-order valence-corrected chi connectivity index (χ1v) is 6.02. The molecule has 0 aliphatic carbocycles. The maximum atomic E-state index is 12.9. The number of nitro groups is 1. The summed E-state index contributed by atoms with van der Waals surface area (Å²) in [6.07, 6.45) is -6.94. The Morgan fingerprint density at radius 1 is 1.48 bits per heavy atom.